The van der Waals surface area contributed by atoms with Crippen molar-refractivity contribution in [2.75, 3.05) is 27.8 Å². The van der Waals surface area contributed by atoms with Gasteiger partial charge >= 0.3 is 0 Å². The molecule has 0 saturated heterocycles. The average molecular weight is 376 g/mol. The topological polar surface area (TPSA) is 21.7 Å². The van der Waals surface area contributed by atoms with Crippen LogP contribution in [0, 0.1) is 0 Å². The second-order valence-electron chi connectivity index (χ2n) is 6.17. The molecule has 1 unspecified atom stereocenters. The molecule has 0 fully saturated rings. The van der Waals surface area contributed by atoms with Gasteiger partial charge in [0.05, 0.1) is 14.2 Å². The highest BCUT2D eigenvalue weighted by molar-refractivity contribution is 8.93. The molecule has 1 aliphatic heterocycles. The molecule has 23 heavy (non-hydrogen) atoms. The highest BCUT2D eigenvalue weighted by Crippen LogP contribution is 2.51. The van der Waals surface area contributed by atoms with Gasteiger partial charge in [0, 0.05) is 18.2 Å². The molecule has 0 aromatic heterocycles. The molecule has 2 aliphatic rings. The zero-order valence-corrected chi connectivity index (χ0v) is 15.5. The molecule has 1 heterocycles. The Hall–Kier alpha value is -1.52. The normalized spacial score (nSPS) is 18.5. The molecule has 4 heteroatoms. The monoisotopic (exact) mass is 375 g/mol. The van der Waals surface area contributed by atoms with Crippen LogP contribution in [-0.4, -0.2) is 32.7 Å². The summed E-state index contributed by atoms with van der Waals surface area (Å²) >= 11 is 0. The van der Waals surface area contributed by atoms with Gasteiger partial charge in [-0.3, -0.25) is 4.90 Å². The second-order valence-corrected chi connectivity index (χ2v) is 6.17. The number of halogens is 1. The van der Waals surface area contributed by atoms with Crippen molar-refractivity contribution in [3.8, 4) is 22.6 Å². The van der Waals surface area contributed by atoms with Gasteiger partial charge in [-0.15, -0.1) is 17.0 Å². The lowest BCUT2D eigenvalue weighted by molar-refractivity contribution is 0.226. The van der Waals surface area contributed by atoms with Crippen LogP contribution >= 0.6 is 17.0 Å². The van der Waals surface area contributed by atoms with Crippen molar-refractivity contribution >= 4 is 17.0 Å². The van der Waals surface area contributed by atoms with E-state index in [4.69, 9.17) is 9.47 Å². The summed E-state index contributed by atoms with van der Waals surface area (Å²) in [5.41, 5.74) is 6.76. The highest BCUT2D eigenvalue weighted by Gasteiger charge is 2.35. The molecule has 0 saturated carbocycles. The Balaban J connectivity index is 0.00000156. The van der Waals surface area contributed by atoms with Crippen molar-refractivity contribution in [2.45, 2.75) is 18.9 Å². The van der Waals surface area contributed by atoms with Crippen molar-refractivity contribution < 1.29 is 9.47 Å². The first-order valence-electron chi connectivity index (χ1n) is 7.81. The van der Waals surface area contributed by atoms with Gasteiger partial charge in [0.25, 0.3) is 0 Å². The van der Waals surface area contributed by atoms with E-state index in [1.165, 1.54) is 27.8 Å². The van der Waals surface area contributed by atoms with E-state index in [2.05, 4.69) is 42.3 Å². The second kappa shape index (κ2) is 6.17. The smallest absolute Gasteiger partial charge is 0.168 e. The Morgan fingerprint density at radius 2 is 1.87 bits per heavy atom. The first-order chi connectivity index (χ1) is 10.7. The van der Waals surface area contributed by atoms with E-state index in [0.717, 1.165) is 30.9 Å². The van der Waals surface area contributed by atoms with E-state index in [0.29, 0.717) is 6.04 Å². The van der Waals surface area contributed by atoms with Gasteiger partial charge in [-0.2, -0.15) is 0 Å². The van der Waals surface area contributed by atoms with Gasteiger partial charge in [0.1, 0.15) is 0 Å². The summed E-state index contributed by atoms with van der Waals surface area (Å²) in [4.78, 5) is 2.47. The molecule has 0 bridgehead atoms. The van der Waals surface area contributed by atoms with Crippen molar-refractivity contribution in [2.24, 2.45) is 0 Å². The van der Waals surface area contributed by atoms with Gasteiger partial charge in [0.2, 0.25) is 0 Å². The van der Waals surface area contributed by atoms with E-state index in [1.807, 2.05) is 0 Å². The Morgan fingerprint density at radius 3 is 2.61 bits per heavy atom. The number of likely N-dealkylation sites (N-methyl/N-ethyl adjacent to an activating group) is 1. The first-order valence-corrected chi connectivity index (χ1v) is 7.81. The summed E-state index contributed by atoms with van der Waals surface area (Å²) in [6, 6.07) is 11.3. The van der Waals surface area contributed by atoms with Crippen LogP contribution in [0.15, 0.2) is 30.3 Å². The van der Waals surface area contributed by atoms with Gasteiger partial charge in [-0.25, -0.2) is 0 Å². The molecule has 0 N–H and O–H groups in total. The molecule has 0 spiro atoms. The largest absolute Gasteiger partial charge is 0.493 e. The molecule has 1 atom stereocenters. The Labute approximate surface area is 148 Å². The standard InChI is InChI=1S/C19H21NO2.BrH/c1-20-9-8-13-11-16(21-2)19(22-3)18-14-7-5-4-6-12(14)10-15(20)17(13)18;/h4-7,11,15H,8-10H2,1-3H3;1H. The lowest BCUT2D eigenvalue weighted by Gasteiger charge is -2.40. The van der Waals surface area contributed by atoms with E-state index in [-0.39, 0.29) is 17.0 Å². The number of fused-ring (bicyclic) bond motifs is 2. The molecular formula is C19H22BrNO2. The predicted octanol–water partition coefficient (Wildman–Crippen LogP) is 4.03. The third-order valence-corrected chi connectivity index (χ3v) is 5.09. The lowest BCUT2D eigenvalue weighted by atomic mass is 9.76. The maximum atomic E-state index is 5.76. The molecule has 3 nitrogen and oxygen atoms in total. The maximum Gasteiger partial charge on any atom is 0.168 e. The molecule has 2 aromatic carbocycles. The highest BCUT2D eigenvalue weighted by atomic mass is 79.9. The van der Waals surface area contributed by atoms with E-state index in [1.54, 1.807) is 14.2 Å². The molecule has 4 rings (SSSR count). The molecule has 1 aliphatic carbocycles. The fourth-order valence-electron chi connectivity index (χ4n) is 4.00. The lowest BCUT2D eigenvalue weighted by Crippen LogP contribution is -2.35. The van der Waals surface area contributed by atoms with Crippen LogP contribution in [0.25, 0.3) is 11.1 Å². The summed E-state index contributed by atoms with van der Waals surface area (Å²) < 4.78 is 11.4. The molecular weight excluding hydrogens is 354 g/mol. The van der Waals surface area contributed by atoms with Gasteiger partial charge in [-0.1, -0.05) is 24.3 Å². The van der Waals surface area contributed by atoms with E-state index >= 15 is 0 Å². The molecule has 122 valence electrons. The Bertz CT molecular complexity index is 744. The SMILES string of the molecule is Br.COc1cc2c3c(c1OC)-c1ccccc1CC3N(C)CC2. The zero-order chi connectivity index (χ0) is 15.3. The van der Waals surface area contributed by atoms with Crippen LogP contribution in [0.5, 0.6) is 11.5 Å². The van der Waals surface area contributed by atoms with Crippen LogP contribution in [0.1, 0.15) is 22.7 Å². The average Bonchev–Trinajstić information content (AvgIpc) is 2.57. The molecule has 2 aromatic rings. The van der Waals surface area contributed by atoms with Crippen LogP contribution in [0.4, 0.5) is 0 Å². The van der Waals surface area contributed by atoms with Gasteiger partial charge in [-0.05, 0) is 48.2 Å². The minimum Gasteiger partial charge on any atom is -0.493 e. The number of methoxy groups -OCH3 is 2. The third-order valence-electron chi connectivity index (χ3n) is 5.09. The number of hydrogen-bond donors (Lipinski definition) is 0. The van der Waals surface area contributed by atoms with E-state index < -0.39 is 0 Å². The number of nitrogens with zero attached hydrogens (tertiary/aromatic N) is 1. The zero-order valence-electron chi connectivity index (χ0n) is 13.8. The molecule has 0 amide bonds. The number of hydrogen-bond acceptors (Lipinski definition) is 3. The summed E-state index contributed by atoms with van der Waals surface area (Å²) in [6.07, 6.45) is 2.14. The fourth-order valence-corrected chi connectivity index (χ4v) is 4.00. The van der Waals surface area contributed by atoms with Crippen molar-refractivity contribution in [1.82, 2.24) is 4.90 Å². The van der Waals surface area contributed by atoms with Crippen molar-refractivity contribution in [1.29, 1.82) is 0 Å². The summed E-state index contributed by atoms with van der Waals surface area (Å²) in [5, 5.41) is 0. The number of rotatable bonds is 2. The number of ether oxygens (including phenoxy) is 2. The minimum absolute atomic E-state index is 0. The predicted molar refractivity (Wildman–Crippen MR) is 98.1 cm³/mol. The van der Waals surface area contributed by atoms with Gasteiger partial charge < -0.3 is 9.47 Å². The first kappa shape index (κ1) is 16.3. The molecule has 0 radical (unpaired) electrons. The van der Waals surface area contributed by atoms with Crippen molar-refractivity contribution in [3.05, 3.63) is 47.0 Å². The Kier molecular flexibility index (Phi) is 4.39. The van der Waals surface area contributed by atoms with E-state index in [9.17, 15) is 0 Å². The Morgan fingerprint density at radius 1 is 1.09 bits per heavy atom. The fraction of sp³-hybridized carbons (Fsp3) is 0.368. The van der Waals surface area contributed by atoms with Crippen LogP contribution in [0.3, 0.4) is 0 Å². The summed E-state index contributed by atoms with van der Waals surface area (Å²) in [7, 11) is 5.68. The van der Waals surface area contributed by atoms with Crippen LogP contribution in [0.2, 0.25) is 0 Å². The van der Waals surface area contributed by atoms with Gasteiger partial charge in [0.15, 0.2) is 11.5 Å². The number of benzene rings is 2. The summed E-state index contributed by atoms with van der Waals surface area (Å²) in [5.74, 6) is 1.71. The van der Waals surface area contributed by atoms with Crippen LogP contribution < -0.4 is 9.47 Å². The maximum absolute atomic E-state index is 5.76. The van der Waals surface area contributed by atoms with Crippen molar-refractivity contribution in [3.63, 3.8) is 0 Å². The van der Waals surface area contributed by atoms with Crippen LogP contribution in [-0.2, 0) is 12.8 Å². The summed E-state index contributed by atoms with van der Waals surface area (Å²) in [6.45, 7) is 1.09. The quantitative estimate of drug-likeness (QED) is 0.790. The minimum atomic E-state index is 0. The third kappa shape index (κ3) is 2.36.